The summed E-state index contributed by atoms with van der Waals surface area (Å²) in [5.74, 6) is -2.02. The quantitative estimate of drug-likeness (QED) is 0.391. The van der Waals surface area contributed by atoms with Crippen molar-refractivity contribution >= 4 is 33.8 Å². The van der Waals surface area contributed by atoms with E-state index in [0.29, 0.717) is 0 Å². The van der Waals surface area contributed by atoms with Crippen molar-refractivity contribution in [2.45, 2.75) is 32.4 Å². The van der Waals surface area contributed by atoms with Crippen LogP contribution in [0.25, 0.3) is 21.9 Å². The van der Waals surface area contributed by atoms with Gasteiger partial charge in [0.1, 0.15) is 0 Å². The predicted molar refractivity (Wildman–Crippen MR) is 129 cm³/mol. The van der Waals surface area contributed by atoms with Crippen molar-refractivity contribution in [2.24, 2.45) is 0 Å². The van der Waals surface area contributed by atoms with E-state index in [1.54, 1.807) is 0 Å². The van der Waals surface area contributed by atoms with Gasteiger partial charge in [0, 0.05) is 54.4 Å². The zero-order chi connectivity index (χ0) is 24.5. The predicted octanol–water partition coefficient (Wildman–Crippen LogP) is 4.49. The Morgan fingerprint density at radius 3 is 2.54 bits per heavy atom. The number of ether oxygens (including phenoxy) is 1. The molecule has 182 valence electrons. The standard InChI is InChI=1S/C25H26F2N6O2/c1-14-17(16-5-3-4-6-20(16)28-14)13-33-9-7-15(8-10-33)29-25(34)32-23-24(35-2)31-22-12-19(27)18(26)11-21(22)30-23/h3-6,11-12,15,28H,7-10,13H2,1-2H3,(H2,29,30,32,34). The fourth-order valence-corrected chi connectivity index (χ4v) is 4.59. The second-order valence-electron chi connectivity index (χ2n) is 8.76. The molecule has 2 amide bonds. The van der Waals surface area contributed by atoms with Crippen molar-refractivity contribution in [3.63, 3.8) is 0 Å². The first kappa shape index (κ1) is 23.0. The van der Waals surface area contributed by atoms with Gasteiger partial charge in [-0.3, -0.25) is 10.2 Å². The van der Waals surface area contributed by atoms with Crippen molar-refractivity contribution in [2.75, 3.05) is 25.5 Å². The number of hydrogen-bond donors (Lipinski definition) is 3. The Morgan fingerprint density at radius 1 is 1.14 bits per heavy atom. The number of hydrogen-bond acceptors (Lipinski definition) is 5. The summed E-state index contributed by atoms with van der Waals surface area (Å²) in [6, 6.07) is 9.73. The number of likely N-dealkylation sites (tertiary alicyclic amines) is 1. The Morgan fingerprint density at radius 2 is 1.83 bits per heavy atom. The maximum absolute atomic E-state index is 13.6. The fraction of sp³-hybridized carbons (Fsp3) is 0.320. The Balaban J connectivity index is 1.20. The number of nitrogens with one attached hydrogen (secondary N) is 3. The number of carbonyl (C=O) groups excluding carboxylic acids is 1. The minimum Gasteiger partial charge on any atom is -0.478 e. The molecule has 10 heteroatoms. The number of para-hydroxylation sites is 1. The van der Waals surface area contributed by atoms with Crippen LogP contribution in [0.1, 0.15) is 24.1 Å². The lowest BCUT2D eigenvalue weighted by atomic mass is 10.0. The molecule has 35 heavy (non-hydrogen) atoms. The lowest BCUT2D eigenvalue weighted by Crippen LogP contribution is -2.45. The molecule has 2 aromatic heterocycles. The van der Waals surface area contributed by atoms with E-state index >= 15 is 0 Å². The first-order valence-corrected chi connectivity index (χ1v) is 11.5. The van der Waals surface area contributed by atoms with Gasteiger partial charge >= 0.3 is 6.03 Å². The summed E-state index contributed by atoms with van der Waals surface area (Å²) in [5.41, 5.74) is 3.88. The number of benzene rings is 2. The monoisotopic (exact) mass is 480 g/mol. The smallest absolute Gasteiger partial charge is 0.320 e. The molecule has 1 aliphatic heterocycles. The first-order valence-electron chi connectivity index (χ1n) is 11.5. The van der Waals surface area contributed by atoms with E-state index in [1.807, 2.05) is 6.07 Å². The summed E-state index contributed by atoms with van der Waals surface area (Å²) in [4.78, 5) is 26.8. The third-order valence-corrected chi connectivity index (χ3v) is 6.43. The third-order valence-electron chi connectivity index (χ3n) is 6.43. The van der Waals surface area contributed by atoms with Gasteiger partial charge < -0.3 is 15.0 Å². The third kappa shape index (κ3) is 4.74. The van der Waals surface area contributed by atoms with Gasteiger partial charge in [-0.25, -0.2) is 23.5 Å². The zero-order valence-corrected chi connectivity index (χ0v) is 19.5. The van der Waals surface area contributed by atoms with Crippen LogP contribution in [0.15, 0.2) is 36.4 Å². The minimum absolute atomic E-state index is 0.00117. The number of fused-ring (bicyclic) bond motifs is 2. The molecule has 0 aliphatic carbocycles. The molecule has 3 heterocycles. The minimum atomic E-state index is -1.04. The SMILES string of the molecule is COc1nc2cc(F)c(F)cc2nc1NC(=O)NC1CCN(Cc2c(C)[nH]c3ccccc23)CC1. The van der Waals surface area contributed by atoms with Crippen molar-refractivity contribution in [1.82, 2.24) is 25.2 Å². The summed E-state index contributed by atoms with van der Waals surface area (Å²) in [5, 5.41) is 6.84. The number of H-pyrrole nitrogens is 1. The van der Waals surface area contributed by atoms with E-state index in [0.717, 1.165) is 50.1 Å². The molecule has 2 aromatic carbocycles. The molecule has 0 unspecified atom stereocenters. The number of anilines is 1. The van der Waals surface area contributed by atoms with Gasteiger partial charge in [-0.2, -0.15) is 0 Å². The van der Waals surface area contributed by atoms with Crippen LogP contribution in [0.2, 0.25) is 0 Å². The molecule has 8 nitrogen and oxygen atoms in total. The van der Waals surface area contributed by atoms with Crippen molar-refractivity contribution in [3.05, 3.63) is 59.3 Å². The van der Waals surface area contributed by atoms with Crippen LogP contribution in [0.3, 0.4) is 0 Å². The largest absolute Gasteiger partial charge is 0.478 e. The molecule has 0 saturated carbocycles. The van der Waals surface area contributed by atoms with Crippen LogP contribution >= 0.6 is 0 Å². The van der Waals surface area contributed by atoms with E-state index < -0.39 is 17.7 Å². The van der Waals surface area contributed by atoms with Crippen LogP contribution in [0.5, 0.6) is 5.88 Å². The van der Waals surface area contributed by atoms with Crippen LogP contribution in [-0.2, 0) is 6.54 Å². The molecule has 4 aromatic rings. The lowest BCUT2D eigenvalue weighted by molar-refractivity contribution is 0.190. The molecule has 0 atom stereocenters. The molecule has 1 saturated heterocycles. The maximum atomic E-state index is 13.6. The average molecular weight is 481 g/mol. The number of nitrogens with zero attached hydrogens (tertiary/aromatic N) is 3. The fourth-order valence-electron chi connectivity index (χ4n) is 4.59. The Labute approximate surface area is 200 Å². The Hall–Kier alpha value is -3.79. The van der Waals surface area contributed by atoms with Gasteiger partial charge in [0.2, 0.25) is 0 Å². The number of halogens is 2. The molecule has 0 bridgehead atoms. The van der Waals surface area contributed by atoms with Gasteiger partial charge in [0.25, 0.3) is 5.88 Å². The number of rotatable bonds is 5. The van der Waals surface area contributed by atoms with Crippen molar-refractivity contribution in [1.29, 1.82) is 0 Å². The summed E-state index contributed by atoms with van der Waals surface area (Å²) < 4.78 is 32.3. The number of aromatic nitrogens is 3. The topological polar surface area (TPSA) is 95.2 Å². The first-order chi connectivity index (χ1) is 16.9. The summed E-state index contributed by atoms with van der Waals surface area (Å²) >= 11 is 0. The highest BCUT2D eigenvalue weighted by molar-refractivity contribution is 5.91. The number of aryl methyl sites for hydroxylation is 1. The molecule has 0 radical (unpaired) electrons. The second kappa shape index (κ2) is 9.46. The number of urea groups is 1. The normalized spacial score (nSPS) is 15.0. The van der Waals surface area contributed by atoms with Gasteiger partial charge in [0.05, 0.1) is 18.1 Å². The molecule has 1 aliphatic rings. The molecule has 0 spiro atoms. The molecular formula is C25H26F2N6O2. The van der Waals surface area contributed by atoms with Gasteiger partial charge in [-0.15, -0.1) is 0 Å². The summed E-state index contributed by atoms with van der Waals surface area (Å²) in [6.45, 7) is 4.67. The number of aromatic amines is 1. The highest BCUT2D eigenvalue weighted by Crippen LogP contribution is 2.26. The van der Waals surface area contributed by atoms with Crippen LogP contribution in [0.4, 0.5) is 19.4 Å². The van der Waals surface area contributed by atoms with E-state index in [2.05, 4.69) is 55.6 Å². The summed E-state index contributed by atoms with van der Waals surface area (Å²) in [7, 11) is 1.37. The highest BCUT2D eigenvalue weighted by Gasteiger charge is 2.23. The van der Waals surface area contributed by atoms with Crippen LogP contribution in [0, 0.1) is 18.6 Å². The average Bonchev–Trinajstić information content (AvgIpc) is 3.16. The number of amides is 2. The van der Waals surface area contributed by atoms with E-state index in [4.69, 9.17) is 4.74 Å². The van der Waals surface area contributed by atoms with Gasteiger partial charge in [-0.1, -0.05) is 18.2 Å². The number of methoxy groups -OCH3 is 1. The van der Waals surface area contributed by atoms with Crippen molar-refractivity contribution < 1.29 is 18.3 Å². The number of carbonyl (C=O) groups is 1. The molecule has 5 rings (SSSR count). The maximum Gasteiger partial charge on any atom is 0.320 e. The van der Waals surface area contributed by atoms with Gasteiger partial charge in [-0.05, 0) is 31.4 Å². The number of piperidine rings is 1. The lowest BCUT2D eigenvalue weighted by Gasteiger charge is -2.32. The van der Waals surface area contributed by atoms with E-state index in [1.165, 1.54) is 23.8 Å². The van der Waals surface area contributed by atoms with Crippen molar-refractivity contribution in [3.8, 4) is 5.88 Å². The summed E-state index contributed by atoms with van der Waals surface area (Å²) in [6.07, 6.45) is 1.61. The van der Waals surface area contributed by atoms with Crippen LogP contribution in [-0.4, -0.2) is 52.1 Å². The Bertz CT molecular complexity index is 1400. The molecular weight excluding hydrogens is 454 g/mol. The van der Waals surface area contributed by atoms with E-state index in [9.17, 15) is 13.6 Å². The highest BCUT2D eigenvalue weighted by atomic mass is 19.2. The second-order valence-corrected chi connectivity index (χ2v) is 8.76. The zero-order valence-electron chi connectivity index (χ0n) is 19.5. The molecule has 3 N–H and O–H groups in total. The Kier molecular flexibility index (Phi) is 6.21. The van der Waals surface area contributed by atoms with Crippen LogP contribution < -0.4 is 15.4 Å². The molecule has 1 fully saturated rings. The van der Waals surface area contributed by atoms with Gasteiger partial charge in [0.15, 0.2) is 17.5 Å². The van der Waals surface area contributed by atoms with E-state index in [-0.39, 0.29) is 28.8 Å².